The van der Waals surface area contributed by atoms with Gasteiger partial charge in [-0.25, -0.2) is 8.42 Å². The van der Waals surface area contributed by atoms with E-state index in [4.69, 9.17) is 9.47 Å². The van der Waals surface area contributed by atoms with Crippen molar-refractivity contribution in [1.82, 2.24) is 14.9 Å². The molecule has 1 aliphatic heterocycles. The Morgan fingerprint density at radius 2 is 1.82 bits per heavy atom. The Hall–Kier alpha value is -1.55. The van der Waals surface area contributed by atoms with Crippen LogP contribution >= 0.6 is 12.4 Å². The Balaban J connectivity index is 0.00000392. The molecule has 0 unspecified atom stereocenters. The molecule has 160 valence electrons. The number of carbonyl (C=O) groups is 1. The molecule has 0 saturated carbocycles. The van der Waals surface area contributed by atoms with Gasteiger partial charge in [0.2, 0.25) is 15.9 Å². The standard InChI is InChI=1S/C18H29N3O5S.ClH/c1-19-10-4-5-18(22)20-14-8-11-21(12-9-14)27(23,24)15-6-7-16(25-2)17(13-15)26-3;/h6-7,13-14,19H,4-5,8-12H2,1-3H3,(H,20,22);1H. The number of hydrogen-bond donors (Lipinski definition) is 2. The number of ether oxygens (including phenoxy) is 2. The van der Waals surface area contributed by atoms with Crippen molar-refractivity contribution in [3.8, 4) is 11.5 Å². The van der Waals surface area contributed by atoms with E-state index in [0.717, 1.165) is 13.0 Å². The molecule has 2 N–H and O–H groups in total. The second-order valence-corrected chi connectivity index (χ2v) is 8.41. The maximum Gasteiger partial charge on any atom is 0.243 e. The van der Waals surface area contributed by atoms with Gasteiger partial charge in [0, 0.05) is 31.6 Å². The SMILES string of the molecule is CNCCCC(=O)NC1CCN(S(=O)(=O)c2ccc(OC)c(OC)c2)CC1.Cl. The Bertz CT molecular complexity index is 737. The van der Waals surface area contributed by atoms with E-state index in [1.54, 1.807) is 6.07 Å². The quantitative estimate of drug-likeness (QED) is 0.569. The molecule has 1 heterocycles. The van der Waals surface area contributed by atoms with Crippen molar-refractivity contribution in [3.05, 3.63) is 18.2 Å². The van der Waals surface area contributed by atoms with Gasteiger partial charge in [-0.15, -0.1) is 12.4 Å². The normalized spacial score (nSPS) is 15.5. The van der Waals surface area contributed by atoms with Crippen molar-refractivity contribution in [2.45, 2.75) is 36.6 Å². The van der Waals surface area contributed by atoms with Gasteiger partial charge in [-0.2, -0.15) is 4.31 Å². The topological polar surface area (TPSA) is 97.0 Å². The minimum atomic E-state index is -3.61. The van der Waals surface area contributed by atoms with Gasteiger partial charge in [0.15, 0.2) is 11.5 Å². The second kappa shape index (κ2) is 11.5. The van der Waals surface area contributed by atoms with E-state index in [-0.39, 0.29) is 29.3 Å². The number of piperidine rings is 1. The van der Waals surface area contributed by atoms with Gasteiger partial charge in [0.1, 0.15) is 0 Å². The average molecular weight is 436 g/mol. The van der Waals surface area contributed by atoms with Crippen LogP contribution in [0, 0.1) is 0 Å². The lowest BCUT2D eigenvalue weighted by atomic mass is 10.1. The minimum absolute atomic E-state index is 0. The number of nitrogens with one attached hydrogen (secondary N) is 2. The fourth-order valence-electron chi connectivity index (χ4n) is 3.09. The van der Waals surface area contributed by atoms with Gasteiger partial charge in [-0.05, 0) is 45.0 Å². The van der Waals surface area contributed by atoms with Crippen LogP contribution < -0.4 is 20.1 Å². The molecule has 1 aliphatic rings. The predicted molar refractivity (Wildman–Crippen MR) is 110 cm³/mol. The molecule has 1 aromatic carbocycles. The molecule has 8 nitrogen and oxygen atoms in total. The summed E-state index contributed by atoms with van der Waals surface area (Å²) in [4.78, 5) is 12.1. The Labute approximate surface area is 173 Å². The summed E-state index contributed by atoms with van der Waals surface area (Å²) in [5.41, 5.74) is 0. The van der Waals surface area contributed by atoms with Crippen LogP contribution in [0.15, 0.2) is 23.1 Å². The van der Waals surface area contributed by atoms with Gasteiger partial charge in [-0.1, -0.05) is 0 Å². The zero-order chi connectivity index (χ0) is 19.9. The van der Waals surface area contributed by atoms with E-state index >= 15 is 0 Å². The molecule has 0 radical (unpaired) electrons. The molecule has 28 heavy (non-hydrogen) atoms. The molecule has 10 heteroatoms. The van der Waals surface area contributed by atoms with E-state index in [0.29, 0.717) is 43.9 Å². The third-order valence-electron chi connectivity index (χ3n) is 4.64. The second-order valence-electron chi connectivity index (χ2n) is 6.47. The van der Waals surface area contributed by atoms with Crippen molar-refractivity contribution in [1.29, 1.82) is 0 Å². The lowest BCUT2D eigenvalue weighted by Gasteiger charge is -2.31. The first kappa shape index (κ1) is 24.5. The third-order valence-corrected chi connectivity index (χ3v) is 6.54. The zero-order valence-corrected chi connectivity index (χ0v) is 18.2. The highest BCUT2D eigenvalue weighted by Crippen LogP contribution is 2.31. The predicted octanol–water partition coefficient (Wildman–Crippen LogP) is 1.39. The third kappa shape index (κ3) is 6.23. The van der Waals surface area contributed by atoms with E-state index in [1.807, 2.05) is 7.05 Å². The van der Waals surface area contributed by atoms with Crippen LogP contribution in [0.25, 0.3) is 0 Å². The Morgan fingerprint density at radius 1 is 1.18 bits per heavy atom. The van der Waals surface area contributed by atoms with Gasteiger partial charge >= 0.3 is 0 Å². The maximum atomic E-state index is 12.9. The highest BCUT2D eigenvalue weighted by Gasteiger charge is 2.30. The molecule has 1 amide bonds. The van der Waals surface area contributed by atoms with Gasteiger partial charge in [0.25, 0.3) is 0 Å². The summed E-state index contributed by atoms with van der Waals surface area (Å²) in [5.74, 6) is 0.880. The van der Waals surface area contributed by atoms with Crippen LogP contribution in [0.4, 0.5) is 0 Å². The number of benzene rings is 1. The largest absolute Gasteiger partial charge is 0.493 e. The van der Waals surface area contributed by atoms with Crippen molar-refractivity contribution in [3.63, 3.8) is 0 Å². The molecular weight excluding hydrogens is 406 g/mol. The molecule has 1 saturated heterocycles. The van der Waals surface area contributed by atoms with Crippen molar-refractivity contribution < 1.29 is 22.7 Å². The van der Waals surface area contributed by atoms with Gasteiger partial charge in [0.05, 0.1) is 19.1 Å². The van der Waals surface area contributed by atoms with Crippen molar-refractivity contribution in [2.24, 2.45) is 0 Å². The molecule has 1 fully saturated rings. The zero-order valence-electron chi connectivity index (χ0n) is 16.6. The molecule has 0 bridgehead atoms. The number of hydrogen-bond acceptors (Lipinski definition) is 6. The van der Waals surface area contributed by atoms with Gasteiger partial charge < -0.3 is 20.1 Å². The molecular formula is C18H30ClN3O5S. The Morgan fingerprint density at radius 3 is 2.39 bits per heavy atom. The highest BCUT2D eigenvalue weighted by atomic mass is 35.5. The summed E-state index contributed by atoms with van der Waals surface area (Å²) < 4.78 is 37.6. The fraction of sp³-hybridized carbons (Fsp3) is 0.611. The summed E-state index contributed by atoms with van der Waals surface area (Å²) in [7, 11) is 1.22. The first-order chi connectivity index (χ1) is 12.9. The molecule has 0 aromatic heterocycles. The lowest BCUT2D eigenvalue weighted by Crippen LogP contribution is -2.46. The highest BCUT2D eigenvalue weighted by molar-refractivity contribution is 7.89. The first-order valence-electron chi connectivity index (χ1n) is 9.08. The van der Waals surface area contributed by atoms with E-state index in [2.05, 4.69) is 10.6 Å². The lowest BCUT2D eigenvalue weighted by molar-refractivity contribution is -0.122. The molecule has 1 aromatic rings. The number of carbonyl (C=O) groups excluding carboxylic acids is 1. The summed E-state index contributed by atoms with van der Waals surface area (Å²) in [6.07, 6.45) is 2.47. The number of halogens is 1. The van der Waals surface area contributed by atoms with Crippen LogP contribution in [0.2, 0.25) is 0 Å². The minimum Gasteiger partial charge on any atom is -0.493 e. The van der Waals surface area contributed by atoms with E-state index in [9.17, 15) is 13.2 Å². The number of amides is 1. The van der Waals surface area contributed by atoms with Gasteiger partial charge in [-0.3, -0.25) is 4.79 Å². The van der Waals surface area contributed by atoms with E-state index in [1.165, 1.54) is 30.7 Å². The maximum absolute atomic E-state index is 12.9. The van der Waals surface area contributed by atoms with Crippen molar-refractivity contribution >= 4 is 28.3 Å². The van der Waals surface area contributed by atoms with Crippen molar-refractivity contribution in [2.75, 3.05) is 40.9 Å². The van der Waals surface area contributed by atoms with E-state index < -0.39 is 10.0 Å². The van der Waals surface area contributed by atoms with Crippen LogP contribution in [0.3, 0.4) is 0 Å². The first-order valence-corrected chi connectivity index (χ1v) is 10.5. The number of rotatable bonds is 9. The number of methoxy groups -OCH3 is 2. The number of sulfonamides is 1. The molecule has 2 rings (SSSR count). The monoisotopic (exact) mass is 435 g/mol. The molecule has 0 spiro atoms. The van der Waals surface area contributed by atoms with Crippen LogP contribution in [0.1, 0.15) is 25.7 Å². The number of nitrogens with zero attached hydrogens (tertiary/aromatic N) is 1. The summed E-state index contributed by atoms with van der Waals surface area (Å²) in [5, 5.41) is 6.01. The molecule has 0 aliphatic carbocycles. The summed E-state index contributed by atoms with van der Waals surface area (Å²) in [6, 6.07) is 4.60. The summed E-state index contributed by atoms with van der Waals surface area (Å²) >= 11 is 0. The molecule has 0 atom stereocenters. The fourth-order valence-corrected chi connectivity index (χ4v) is 4.58. The summed E-state index contributed by atoms with van der Waals surface area (Å²) in [6.45, 7) is 1.55. The average Bonchev–Trinajstić information content (AvgIpc) is 2.68. The Kier molecular flexibility index (Phi) is 10.0. The van der Waals surface area contributed by atoms with Crippen LogP contribution in [-0.2, 0) is 14.8 Å². The van der Waals surface area contributed by atoms with Crippen LogP contribution in [-0.4, -0.2) is 65.6 Å². The van der Waals surface area contributed by atoms with Crippen LogP contribution in [0.5, 0.6) is 11.5 Å². The smallest absolute Gasteiger partial charge is 0.243 e.